The second kappa shape index (κ2) is 2.22. The van der Waals surface area contributed by atoms with E-state index in [1.54, 1.807) is 10.8 Å². The third-order valence-corrected chi connectivity index (χ3v) is 2.39. The molecule has 4 heteroatoms. The van der Waals surface area contributed by atoms with Gasteiger partial charge in [0.25, 0.3) is 0 Å². The van der Waals surface area contributed by atoms with E-state index in [0.29, 0.717) is 6.04 Å². The highest BCUT2D eigenvalue weighted by atomic mass is 16.1. The summed E-state index contributed by atoms with van der Waals surface area (Å²) in [6.45, 7) is 0. The molecule has 0 radical (unpaired) electrons. The van der Waals surface area contributed by atoms with E-state index in [2.05, 4.69) is 9.97 Å². The van der Waals surface area contributed by atoms with Crippen LogP contribution in [0.2, 0.25) is 0 Å². The van der Waals surface area contributed by atoms with Crippen LogP contribution in [0.3, 0.4) is 0 Å². The predicted octanol–water partition coefficient (Wildman–Crippen LogP) is 1.31. The van der Waals surface area contributed by atoms with Crippen LogP contribution in [0, 0.1) is 0 Å². The van der Waals surface area contributed by atoms with E-state index in [1.165, 1.54) is 0 Å². The Balaban J connectivity index is 0.000000750. The van der Waals surface area contributed by atoms with Gasteiger partial charge >= 0.3 is 5.69 Å². The van der Waals surface area contributed by atoms with Crippen molar-refractivity contribution in [1.29, 1.82) is 0 Å². The first-order valence-corrected chi connectivity index (χ1v) is 4.41. The lowest BCUT2D eigenvalue weighted by Gasteiger charge is -1.96. The van der Waals surface area contributed by atoms with Gasteiger partial charge in [-0.05, 0) is 25.0 Å². The van der Waals surface area contributed by atoms with Crippen LogP contribution in [0.25, 0.3) is 11.2 Å². The summed E-state index contributed by atoms with van der Waals surface area (Å²) in [4.78, 5) is 18.5. The van der Waals surface area contributed by atoms with E-state index in [-0.39, 0.29) is 7.12 Å². The fourth-order valence-corrected chi connectivity index (χ4v) is 1.63. The number of rotatable bonds is 1. The van der Waals surface area contributed by atoms with E-state index in [9.17, 15) is 4.79 Å². The van der Waals surface area contributed by atoms with Crippen molar-refractivity contribution in [2.24, 2.45) is 0 Å². The number of aromatic nitrogens is 3. The van der Waals surface area contributed by atoms with Crippen LogP contribution >= 0.6 is 0 Å². The molecule has 0 saturated heterocycles. The van der Waals surface area contributed by atoms with Gasteiger partial charge in [0.15, 0.2) is 5.65 Å². The monoisotopic (exact) mass is 177 g/mol. The van der Waals surface area contributed by atoms with Crippen LogP contribution in [0.15, 0.2) is 23.1 Å². The van der Waals surface area contributed by atoms with Crippen LogP contribution in [-0.2, 0) is 0 Å². The first kappa shape index (κ1) is 6.88. The maximum Gasteiger partial charge on any atom is 0.327 e. The maximum absolute atomic E-state index is 11.5. The molecule has 0 aliphatic heterocycles. The zero-order valence-electron chi connectivity index (χ0n) is 7.03. The number of hydrogen-bond donors (Lipinski definition) is 1. The Bertz CT molecular complexity index is 512. The summed E-state index contributed by atoms with van der Waals surface area (Å²) in [6.07, 6.45) is 3.92. The number of fused-ring (bicyclic) bond motifs is 1. The first-order valence-electron chi connectivity index (χ1n) is 4.41. The lowest BCUT2D eigenvalue weighted by molar-refractivity contribution is 0.726. The van der Waals surface area contributed by atoms with Crippen molar-refractivity contribution in [1.82, 2.24) is 14.5 Å². The molecular weight excluding hydrogens is 166 g/mol. The summed E-state index contributed by atoms with van der Waals surface area (Å²) in [5, 5.41) is 0. The Kier molecular flexibility index (Phi) is 1.17. The maximum atomic E-state index is 11.5. The predicted molar refractivity (Wildman–Crippen MR) is 50.7 cm³/mol. The molecule has 1 saturated carbocycles. The molecule has 0 aromatic carbocycles. The molecule has 1 fully saturated rings. The van der Waals surface area contributed by atoms with Gasteiger partial charge in [0.1, 0.15) is 0 Å². The molecule has 3 rings (SSSR count). The molecule has 0 spiro atoms. The van der Waals surface area contributed by atoms with Crippen molar-refractivity contribution in [2.45, 2.75) is 18.9 Å². The molecular formula is C9H11N3O. The second-order valence-electron chi connectivity index (χ2n) is 3.41. The summed E-state index contributed by atoms with van der Waals surface area (Å²) >= 11 is 0. The van der Waals surface area contributed by atoms with Crippen LogP contribution in [-0.4, -0.2) is 14.5 Å². The van der Waals surface area contributed by atoms with Gasteiger partial charge in [-0.15, -0.1) is 0 Å². The minimum Gasteiger partial charge on any atom is -0.304 e. The van der Waals surface area contributed by atoms with Gasteiger partial charge < -0.3 is 4.98 Å². The smallest absolute Gasteiger partial charge is 0.304 e. The molecule has 0 amide bonds. The van der Waals surface area contributed by atoms with Crippen LogP contribution in [0.4, 0.5) is 0 Å². The molecule has 0 bridgehead atoms. The first-order chi connectivity index (χ1) is 6.36. The van der Waals surface area contributed by atoms with Crippen molar-refractivity contribution >= 4 is 11.2 Å². The van der Waals surface area contributed by atoms with Gasteiger partial charge in [-0.25, -0.2) is 9.78 Å². The molecule has 1 aliphatic rings. The highest BCUT2D eigenvalue weighted by molar-refractivity contribution is 5.70. The molecule has 1 N–H and O–H groups in total. The SMILES string of the molecule is O=c1[nH]c2cccnc2n1C1CC1.[HH]. The standard InChI is InChI=1S/C9H9N3O.H2/c13-9-11-7-2-1-5-10-8(7)12(9)6-3-4-6;/h1-2,5-6H,3-4H2,(H,11,13);1H. The van der Waals surface area contributed by atoms with Gasteiger partial charge in [0, 0.05) is 13.7 Å². The van der Waals surface area contributed by atoms with Crippen molar-refractivity contribution in [2.75, 3.05) is 0 Å². The fraction of sp³-hybridized carbons (Fsp3) is 0.333. The molecule has 2 aromatic rings. The quantitative estimate of drug-likeness (QED) is 0.713. The minimum atomic E-state index is -0.0313. The van der Waals surface area contributed by atoms with E-state index < -0.39 is 0 Å². The van der Waals surface area contributed by atoms with Crippen molar-refractivity contribution in [3.8, 4) is 0 Å². The van der Waals surface area contributed by atoms with Crippen molar-refractivity contribution in [3.63, 3.8) is 0 Å². The Morgan fingerprint density at radius 1 is 1.62 bits per heavy atom. The Labute approximate surface area is 75.7 Å². The zero-order valence-corrected chi connectivity index (χ0v) is 7.03. The van der Waals surface area contributed by atoms with Gasteiger partial charge in [0.2, 0.25) is 0 Å². The number of hydrogen-bond acceptors (Lipinski definition) is 2. The van der Waals surface area contributed by atoms with Crippen molar-refractivity contribution < 1.29 is 1.43 Å². The average molecular weight is 177 g/mol. The van der Waals surface area contributed by atoms with E-state index in [0.717, 1.165) is 24.0 Å². The molecule has 13 heavy (non-hydrogen) atoms. The third kappa shape index (κ3) is 0.915. The average Bonchev–Trinajstić information content (AvgIpc) is 2.88. The number of nitrogens with zero attached hydrogens (tertiary/aromatic N) is 2. The Morgan fingerprint density at radius 2 is 2.46 bits per heavy atom. The van der Waals surface area contributed by atoms with Crippen LogP contribution < -0.4 is 5.69 Å². The molecule has 68 valence electrons. The topological polar surface area (TPSA) is 50.7 Å². The molecule has 2 heterocycles. The summed E-state index contributed by atoms with van der Waals surface area (Å²) in [6, 6.07) is 4.09. The number of aromatic amines is 1. The van der Waals surface area contributed by atoms with Gasteiger partial charge in [-0.2, -0.15) is 0 Å². The molecule has 0 atom stereocenters. The zero-order chi connectivity index (χ0) is 8.84. The van der Waals surface area contributed by atoms with E-state index >= 15 is 0 Å². The van der Waals surface area contributed by atoms with Crippen LogP contribution in [0.5, 0.6) is 0 Å². The van der Waals surface area contributed by atoms with Gasteiger partial charge in [-0.3, -0.25) is 4.57 Å². The summed E-state index contributed by atoms with van der Waals surface area (Å²) in [5.74, 6) is 0. The van der Waals surface area contributed by atoms with Gasteiger partial charge in [-0.1, -0.05) is 0 Å². The van der Waals surface area contributed by atoms with E-state index in [4.69, 9.17) is 0 Å². The summed E-state index contributed by atoms with van der Waals surface area (Å²) in [7, 11) is 0. The lowest BCUT2D eigenvalue weighted by Crippen LogP contribution is -2.15. The van der Waals surface area contributed by atoms with Crippen LogP contribution in [0.1, 0.15) is 20.3 Å². The Hall–Kier alpha value is -1.58. The lowest BCUT2D eigenvalue weighted by atomic mass is 10.4. The highest BCUT2D eigenvalue weighted by Crippen LogP contribution is 2.34. The van der Waals surface area contributed by atoms with E-state index in [1.807, 2.05) is 12.1 Å². The third-order valence-electron chi connectivity index (χ3n) is 2.39. The summed E-state index contributed by atoms with van der Waals surface area (Å²) in [5.41, 5.74) is 1.59. The number of nitrogens with one attached hydrogen (secondary N) is 1. The van der Waals surface area contributed by atoms with Gasteiger partial charge in [0.05, 0.1) is 5.52 Å². The molecule has 1 aliphatic carbocycles. The normalized spacial score (nSPS) is 16.6. The number of pyridine rings is 1. The number of imidazole rings is 1. The second-order valence-corrected chi connectivity index (χ2v) is 3.41. The Morgan fingerprint density at radius 3 is 3.23 bits per heavy atom. The summed E-state index contributed by atoms with van der Waals surface area (Å²) < 4.78 is 1.76. The molecule has 0 unspecified atom stereocenters. The molecule has 2 aromatic heterocycles. The minimum absolute atomic E-state index is 0. The highest BCUT2D eigenvalue weighted by Gasteiger charge is 2.27. The largest absolute Gasteiger partial charge is 0.327 e. The van der Waals surface area contributed by atoms with Crippen molar-refractivity contribution in [3.05, 3.63) is 28.8 Å². The number of H-pyrrole nitrogens is 1. The molecule has 4 nitrogen and oxygen atoms in total. The fourth-order valence-electron chi connectivity index (χ4n) is 1.63.